The van der Waals surface area contributed by atoms with Gasteiger partial charge < -0.3 is 10.7 Å². The number of anilines is 1. The van der Waals surface area contributed by atoms with E-state index in [1.54, 1.807) is 18.2 Å². The fourth-order valence-corrected chi connectivity index (χ4v) is 2.04. The number of carbonyl (C=O) groups excluding carboxylic acids is 1. The van der Waals surface area contributed by atoms with Crippen molar-refractivity contribution in [3.63, 3.8) is 0 Å². The van der Waals surface area contributed by atoms with Crippen LogP contribution in [0.3, 0.4) is 0 Å². The Bertz CT molecular complexity index is 557. The van der Waals surface area contributed by atoms with Crippen molar-refractivity contribution in [3.05, 3.63) is 29.3 Å². The maximum absolute atomic E-state index is 11.8. The molecule has 0 spiro atoms. The second-order valence-corrected chi connectivity index (χ2v) is 6.00. The molecule has 0 heterocycles. The first-order valence-electron chi connectivity index (χ1n) is 5.66. The second-order valence-electron chi connectivity index (χ2n) is 3.95. The molecule has 1 aromatic rings. The van der Waals surface area contributed by atoms with Gasteiger partial charge in [0.2, 0.25) is 10.0 Å². The predicted octanol–water partition coefficient (Wildman–Crippen LogP) is -0.440. The maximum atomic E-state index is 11.8. The second kappa shape index (κ2) is 6.50. The Morgan fingerprint density at radius 3 is 2.58 bits per heavy atom. The SMILES string of the molecule is CNS(=O)(=O)CCNC(=O)c1ccc(NN)c(C)c1. The number of rotatable bonds is 6. The van der Waals surface area contributed by atoms with Crippen molar-refractivity contribution in [2.75, 3.05) is 24.8 Å². The van der Waals surface area contributed by atoms with Crippen LogP contribution >= 0.6 is 0 Å². The Morgan fingerprint density at radius 1 is 1.37 bits per heavy atom. The van der Waals surface area contributed by atoms with Crippen LogP contribution in [0.5, 0.6) is 0 Å². The van der Waals surface area contributed by atoms with E-state index in [9.17, 15) is 13.2 Å². The summed E-state index contributed by atoms with van der Waals surface area (Å²) in [6.07, 6.45) is 0. The molecule has 0 aliphatic carbocycles. The largest absolute Gasteiger partial charge is 0.351 e. The van der Waals surface area contributed by atoms with Gasteiger partial charge in [0.15, 0.2) is 0 Å². The Morgan fingerprint density at radius 2 is 2.05 bits per heavy atom. The third kappa shape index (κ3) is 4.51. The fraction of sp³-hybridized carbons (Fsp3) is 0.364. The third-order valence-electron chi connectivity index (χ3n) is 2.61. The summed E-state index contributed by atoms with van der Waals surface area (Å²) in [5.74, 6) is 4.82. The zero-order valence-corrected chi connectivity index (χ0v) is 11.7. The first kappa shape index (κ1) is 15.4. The van der Waals surface area contributed by atoms with E-state index in [2.05, 4.69) is 15.5 Å². The molecule has 19 heavy (non-hydrogen) atoms. The number of amides is 1. The summed E-state index contributed by atoms with van der Waals surface area (Å²) in [7, 11) is -1.98. The van der Waals surface area contributed by atoms with Gasteiger partial charge in [-0.15, -0.1) is 0 Å². The van der Waals surface area contributed by atoms with E-state index in [0.717, 1.165) is 11.3 Å². The fourth-order valence-electron chi connectivity index (χ4n) is 1.47. The number of carbonyl (C=O) groups is 1. The van der Waals surface area contributed by atoms with E-state index >= 15 is 0 Å². The standard InChI is InChI=1S/C11H18N4O3S/c1-8-7-9(3-4-10(8)15-12)11(16)14-5-6-19(17,18)13-2/h3-4,7,13,15H,5-6,12H2,1-2H3,(H,14,16). The van der Waals surface area contributed by atoms with E-state index < -0.39 is 10.0 Å². The van der Waals surface area contributed by atoms with Crippen LogP contribution < -0.4 is 21.3 Å². The summed E-state index contributed by atoms with van der Waals surface area (Å²) >= 11 is 0. The highest BCUT2D eigenvalue weighted by Gasteiger charge is 2.10. The van der Waals surface area contributed by atoms with Crippen molar-refractivity contribution in [1.82, 2.24) is 10.0 Å². The highest BCUT2D eigenvalue weighted by Crippen LogP contribution is 2.14. The Balaban J connectivity index is 2.62. The van der Waals surface area contributed by atoms with Crippen LogP contribution in [0.2, 0.25) is 0 Å². The van der Waals surface area contributed by atoms with E-state index in [1.165, 1.54) is 7.05 Å². The first-order valence-corrected chi connectivity index (χ1v) is 7.31. The first-order chi connectivity index (χ1) is 8.89. The minimum atomic E-state index is -3.31. The van der Waals surface area contributed by atoms with Gasteiger partial charge in [-0.25, -0.2) is 13.1 Å². The Kier molecular flexibility index (Phi) is 5.28. The molecule has 0 bridgehead atoms. The van der Waals surface area contributed by atoms with Crippen LogP contribution in [0.4, 0.5) is 5.69 Å². The van der Waals surface area contributed by atoms with Gasteiger partial charge in [0, 0.05) is 12.1 Å². The molecule has 0 unspecified atom stereocenters. The lowest BCUT2D eigenvalue weighted by molar-refractivity contribution is 0.0956. The van der Waals surface area contributed by atoms with Crippen LogP contribution in [0.25, 0.3) is 0 Å². The summed E-state index contributed by atoms with van der Waals surface area (Å²) in [5, 5.41) is 2.54. The maximum Gasteiger partial charge on any atom is 0.251 e. The molecule has 0 fully saturated rings. The smallest absolute Gasteiger partial charge is 0.251 e. The van der Waals surface area contributed by atoms with E-state index in [-0.39, 0.29) is 18.2 Å². The summed E-state index contributed by atoms with van der Waals surface area (Å²) in [5.41, 5.74) is 4.53. The van der Waals surface area contributed by atoms with Crippen molar-refractivity contribution >= 4 is 21.6 Å². The summed E-state index contributed by atoms with van der Waals surface area (Å²) < 4.78 is 24.5. The zero-order valence-electron chi connectivity index (χ0n) is 10.9. The van der Waals surface area contributed by atoms with Gasteiger partial charge >= 0.3 is 0 Å². The number of hydrazine groups is 1. The van der Waals surface area contributed by atoms with Crippen molar-refractivity contribution in [2.45, 2.75) is 6.92 Å². The van der Waals surface area contributed by atoms with Crippen molar-refractivity contribution in [1.29, 1.82) is 0 Å². The number of benzene rings is 1. The molecular weight excluding hydrogens is 268 g/mol. The highest BCUT2D eigenvalue weighted by atomic mass is 32.2. The summed E-state index contributed by atoms with van der Waals surface area (Å²) in [6.45, 7) is 1.87. The lowest BCUT2D eigenvalue weighted by atomic mass is 10.1. The number of aryl methyl sites for hydroxylation is 1. The highest BCUT2D eigenvalue weighted by molar-refractivity contribution is 7.89. The molecule has 1 rings (SSSR count). The number of hydrogen-bond acceptors (Lipinski definition) is 5. The zero-order chi connectivity index (χ0) is 14.5. The number of nitrogens with two attached hydrogens (primary N) is 1. The van der Waals surface area contributed by atoms with Gasteiger partial charge in [0.05, 0.1) is 11.4 Å². The van der Waals surface area contributed by atoms with Crippen LogP contribution in [-0.4, -0.2) is 33.7 Å². The molecule has 106 valence electrons. The minimum Gasteiger partial charge on any atom is -0.351 e. The molecule has 7 nitrogen and oxygen atoms in total. The van der Waals surface area contributed by atoms with E-state index in [4.69, 9.17) is 5.84 Å². The normalized spacial score (nSPS) is 11.1. The predicted molar refractivity (Wildman–Crippen MR) is 74.2 cm³/mol. The Hall–Kier alpha value is -1.64. The average Bonchev–Trinajstić information content (AvgIpc) is 2.38. The van der Waals surface area contributed by atoms with Gasteiger partial charge in [0.25, 0.3) is 5.91 Å². The molecule has 5 N–H and O–H groups in total. The molecule has 0 aliphatic heterocycles. The van der Waals surface area contributed by atoms with Crippen LogP contribution in [-0.2, 0) is 10.0 Å². The molecule has 0 saturated heterocycles. The lowest BCUT2D eigenvalue weighted by Crippen LogP contribution is -2.33. The Labute approximate surface area is 112 Å². The van der Waals surface area contributed by atoms with E-state index in [0.29, 0.717) is 5.56 Å². The molecule has 1 amide bonds. The summed E-state index contributed by atoms with van der Waals surface area (Å²) in [4.78, 5) is 11.8. The monoisotopic (exact) mass is 286 g/mol. The number of sulfonamides is 1. The van der Waals surface area contributed by atoms with Crippen LogP contribution in [0.1, 0.15) is 15.9 Å². The quantitative estimate of drug-likeness (QED) is 0.418. The molecule has 0 aliphatic rings. The number of nitrogen functional groups attached to an aromatic ring is 1. The number of hydrogen-bond donors (Lipinski definition) is 4. The summed E-state index contributed by atoms with van der Waals surface area (Å²) in [6, 6.07) is 4.98. The minimum absolute atomic E-state index is 0.0535. The van der Waals surface area contributed by atoms with E-state index in [1.807, 2.05) is 6.92 Å². The molecule has 0 aromatic heterocycles. The molecule has 0 saturated carbocycles. The average molecular weight is 286 g/mol. The molecule has 8 heteroatoms. The molecule has 0 atom stereocenters. The molecule has 1 aromatic carbocycles. The lowest BCUT2D eigenvalue weighted by Gasteiger charge is -2.08. The van der Waals surface area contributed by atoms with Gasteiger partial charge in [-0.2, -0.15) is 0 Å². The topological polar surface area (TPSA) is 113 Å². The van der Waals surface area contributed by atoms with Gasteiger partial charge in [0.1, 0.15) is 0 Å². The van der Waals surface area contributed by atoms with Crippen molar-refractivity contribution < 1.29 is 13.2 Å². The molecular formula is C11H18N4O3S. The van der Waals surface area contributed by atoms with Crippen LogP contribution in [0, 0.1) is 6.92 Å². The van der Waals surface area contributed by atoms with Gasteiger partial charge in [-0.1, -0.05) is 0 Å². The molecule has 0 radical (unpaired) electrons. The van der Waals surface area contributed by atoms with Gasteiger partial charge in [-0.05, 0) is 37.7 Å². The third-order valence-corrected chi connectivity index (χ3v) is 3.98. The van der Waals surface area contributed by atoms with Crippen molar-refractivity contribution in [2.24, 2.45) is 5.84 Å². The van der Waals surface area contributed by atoms with Crippen molar-refractivity contribution in [3.8, 4) is 0 Å². The van der Waals surface area contributed by atoms with Gasteiger partial charge in [-0.3, -0.25) is 10.6 Å². The van der Waals surface area contributed by atoms with Crippen LogP contribution in [0.15, 0.2) is 18.2 Å². The number of nitrogens with one attached hydrogen (secondary N) is 3.